The molecule has 1 nitrogen and oxygen atoms in total. The number of phenols is 1. The molecule has 0 aliphatic heterocycles. The molecule has 0 aliphatic rings. The van der Waals surface area contributed by atoms with Crippen molar-refractivity contribution in [2.24, 2.45) is 0 Å². The second kappa shape index (κ2) is 7.96. The third kappa shape index (κ3) is 6.97. The van der Waals surface area contributed by atoms with E-state index in [9.17, 15) is 0 Å². The number of aromatic hydroxyl groups is 1. The first kappa shape index (κ1) is 10.9. The summed E-state index contributed by atoms with van der Waals surface area (Å²) in [6, 6.07) is 8.71. The Bertz CT molecular complexity index is 157. The monoisotopic (exact) mass is 204 g/mol. The van der Waals surface area contributed by atoms with Crippen LogP contribution in [0, 0.1) is 0 Å². The molecule has 0 heterocycles. The molecule has 0 bridgehead atoms. The molecule has 0 saturated carbocycles. The van der Waals surface area contributed by atoms with Gasteiger partial charge in [-0.2, -0.15) is 0 Å². The van der Waals surface area contributed by atoms with Gasteiger partial charge in [0.25, 0.3) is 0 Å². The van der Waals surface area contributed by atoms with Crippen molar-refractivity contribution in [2.45, 2.75) is 0 Å². The fourth-order valence-electron chi connectivity index (χ4n) is 0.428. The van der Waals surface area contributed by atoms with Gasteiger partial charge in [-0.15, -0.1) is 0 Å². The van der Waals surface area contributed by atoms with Gasteiger partial charge in [-0.1, -0.05) is 18.2 Å². The van der Waals surface area contributed by atoms with Gasteiger partial charge in [0.2, 0.25) is 0 Å². The Morgan fingerprint density at radius 3 is 1.70 bits per heavy atom. The number of halogens is 2. The molecule has 4 heteroatoms. The predicted octanol–water partition coefficient (Wildman–Crippen LogP) is 2.39. The molecule has 1 aromatic carbocycles. The molecular formula is C6H6CaCl2O. The van der Waals surface area contributed by atoms with Crippen molar-refractivity contribution < 1.29 is 5.11 Å². The Balaban J connectivity index is 0.000000236. The Hall–Kier alpha value is 0.860. The molecule has 1 N–H and O–H groups in total. The summed E-state index contributed by atoms with van der Waals surface area (Å²) in [7, 11) is 0. The van der Waals surface area contributed by atoms with Crippen LogP contribution in [-0.2, 0) is 0 Å². The van der Waals surface area contributed by atoms with Crippen molar-refractivity contribution in [3.05, 3.63) is 30.3 Å². The van der Waals surface area contributed by atoms with Crippen LogP contribution < -0.4 is 0 Å². The number of benzene rings is 1. The van der Waals surface area contributed by atoms with E-state index in [1.54, 1.807) is 24.3 Å². The summed E-state index contributed by atoms with van der Waals surface area (Å²) in [5.41, 5.74) is 0. The normalized spacial score (nSPS) is 7.00. The van der Waals surface area contributed by atoms with Gasteiger partial charge in [0.15, 0.2) is 0 Å². The molecule has 0 saturated heterocycles. The van der Waals surface area contributed by atoms with E-state index in [2.05, 4.69) is 0 Å². The Labute approximate surface area is 83.7 Å². The molecule has 0 unspecified atom stereocenters. The van der Waals surface area contributed by atoms with Gasteiger partial charge in [0.05, 0.1) is 0 Å². The minimum absolute atomic E-state index is 0.322. The van der Waals surface area contributed by atoms with Crippen LogP contribution in [-0.4, -0.2) is 35.9 Å². The van der Waals surface area contributed by atoms with E-state index >= 15 is 0 Å². The quantitative estimate of drug-likeness (QED) is 0.644. The van der Waals surface area contributed by atoms with Crippen molar-refractivity contribution >= 4 is 43.6 Å². The van der Waals surface area contributed by atoms with Gasteiger partial charge in [-0.05, 0) is 12.1 Å². The molecule has 0 radical (unpaired) electrons. The number of hydrogen-bond donors (Lipinski definition) is 1. The number of phenolic OH excluding ortho intramolecular Hbond substituents is 1. The standard InChI is InChI=1S/C6H6O.Ca.2ClH/c7-6-4-2-1-3-5-6;;;/h1-5,7H;;2*1H/q;+2;;/p-2. The van der Waals surface area contributed by atoms with Crippen LogP contribution in [0.15, 0.2) is 30.3 Å². The van der Waals surface area contributed by atoms with Crippen molar-refractivity contribution in [2.75, 3.05) is 0 Å². The van der Waals surface area contributed by atoms with Crippen LogP contribution in [0.4, 0.5) is 0 Å². The second-order valence-electron chi connectivity index (χ2n) is 1.44. The van der Waals surface area contributed by atoms with E-state index in [0.717, 1.165) is 0 Å². The molecular weight excluding hydrogens is 199 g/mol. The minimum atomic E-state index is -0.931. The average Bonchev–Trinajstić information content (AvgIpc) is 1.91. The molecule has 0 atom stereocenters. The maximum atomic E-state index is 8.63. The molecule has 52 valence electrons. The van der Waals surface area contributed by atoms with E-state index in [-0.39, 0.29) is 0 Å². The summed E-state index contributed by atoms with van der Waals surface area (Å²) < 4.78 is 0. The third-order valence-electron chi connectivity index (χ3n) is 0.756. The van der Waals surface area contributed by atoms with Gasteiger partial charge >= 0.3 is 43.6 Å². The summed E-state index contributed by atoms with van der Waals surface area (Å²) in [6.07, 6.45) is 9.90. The first-order valence-corrected chi connectivity index (χ1v) is 8.75. The van der Waals surface area contributed by atoms with Crippen LogP contribution in [0.5, 0.6) is 5.75 Å². The van der Waals surface area contributed by atoms with Crippen molar-refractivity contribution in [1.29, 1.82) is 0 Å². The summed E-state index contributed by atoms with van der Waals surface area (Å²) in [5, 5.41) is 8.63. The van der Waals surface area contributed by atoms with Gasteiger partial charge < -0.3 is 5.11 Å². The summed E-state index contributed by atoms with van der Waals surface area (Å²) >= 11 is -0.931. The van der Waals surface area contributed by atoms with E-state index < -0.39 is 30.8 Å². The molecule has 1 rings (SSSR count). The fraction of sp³-hybridized carbons (Fsp3) is 0. The Morgan fingerprint density at radius 2 is 1.50 bits per heavy atom. The molecule has 0 amide bonds. The Kier molecular flexibility index (Phi) is 8.65. The average molecular weight is 205 g/mol. The topological polar surface area (TPSA) is 20.2 Å². The molecule has 0 fully saturated rings. The predicted molar refractivity (Wildman–Crippen MR) is 45.6 cm³/mol. The third-order valence-corrected chi connectivity index (χ3v) is 0.756. The number of para-hydroxylation sites is 1. The molecule has 0 spiro atoms. The number of rotatable bonds is 0. The van der Waals surface area contributed by atoms with E-state index in [4.69, 9.17) is 17.9 Å². The zero-order chi connectivity index (χ0) is 7.82. The van der Waals surface area contributed by atoms with Gasteiger partial charge in [-0.25, -0.2) is 0 Å². The van der Waals surface area contributed by atoms with Crippen LogP contribution in [0.25, 0.3) is 0 Å². The van der Waals surface area contributed by atoms with Crippen molar-refractivity contribution in [1.82, 2.24) is 0 Å². The molecule has 1 aromatic rings. The first-order chi connectivity index (χ1) is 4.81. The summed E-state index contributed by atoms with van der Waals surface area (Å²) in [4.78, 5) is 0. The van der Waals surface area contributed by atoms with Crippen molar-refractivity contribution in [3.8, 4) is 5.75 Å². The summed E-state index contributed by atoms with van der Waals surface area (Å²) in [6.45, 7) is 0. The van der Waals surface area contributed by atoms with Crippen LogP contribution >= 0.6 is 12.8 Å². The van der Waals surface area contributed by atoms with Gasteiger partial charge in [-0.3, -0.25) is 0 Å². The fourth-order valence-corrected chi connectivity index (χ4v) is 0.428. The van der Waals surface area contributed by atoms with Gasteiger partial charge in [0, 0.05) is 0 Å². The van der Waals surface area contributed by atoms with Crippen molar-refractivity contribution in [3.63, 3.8) is 0 Å². The molecule has 0 aromatic heterocycles. The Morgan fingerprint density at radius 1 is 1.10 bits per heavy atom. The van der Waals surface area contributed by atoms with Crippen LogP contribution in [0.3, 0.4) is 0 Å². The summed E-state index contributed by atoms with van der Waals surface area (Å²) in [5.74, 6) is 0.322. The molecule has 0 aliphatic carbocycles. The maximum absolute atomic E-state index is 8.63. The molecule has 10 heavy (non-hydrogen) atoms. The SMILES string of the molecule is Oc1ccccc1.[Cl][Ca][Cl]. The zero-order valence-corrected chi connectivity index (χ0v) is 9.02. The van der Waals surface area contributed by atoms with E-state index in [0.29, 0.717) is 5.75 Å². The van der Waals surface area contributed by atoms with E-state index in [1.165, 1.54) is 0 Å². The first-order valence-electron chi connectivity index (χ1n) is 2.67. The second-order valence-corrected chi connectivity index (χ2v) is 5.08. The van der Waals surface area contributed by atoms with Crippen LogP contribution in [0.1, 0.15) is 0 Å². The van der Waals surface area contributed by atoms with Gasteiger partial charge in [0.1, 0.15) is 5.75 Å². The number of hydrogen-bond acceptors (Lipinski definition) is 1. The zero-order valence-electron chi connectivity index (χ0n) is 5.30. The van der Waals surface area contributed by atoms with Crippen LogP contribution in [0.2, 0.25) is 0 Å². The van der Waals surface area contributed by atoms with E-state index in [1.807, 2.05) is 6.07 Å².